The van der Waals surface area contributed by atoms with E-state index in [0.29, 0.717) is 19.2 Å². The Bertz CT molecular complexity index is 514. The summed E-state index contributed by atoms with van der Waals surface area (Å²) in [5.41, 5.74) is 1.53. The molecule has 0 aliphatic rings. The van der Waals surface area contributed by atoms with Crippen molar-refractivity contribution in [3.05, 3.63) is 58.6 Å². The fourth-order valence-corrected chi connectivity index (χ4v) is 3.27. The molecule has 2 aromatic carbocycles. The third-order valence-corrected chi connectivity index (χ3v) is 4.03. The highest BCUT2D eigenvalue weighted by Crippen LogP contribution is 2.20. The van der Waals surface area contributed by atoms with Gasteiger partial charge in [-0.05, 0) is 29.2 Å². The van der Waals surface area contributed by atoms with Gasteiger partial charge in [0.05, 0.1) is 5.02 Å². The summed E-state index contributed by atoms with van der Waals surface area (Å²) < 4.78 is 0. The van der Waals surface area contributed by atoms with E-state index in [2.05, 4.69) is 12.1 Å². The lowest BCUT2D eigenvalue weighted by molar-refractivity contribution is 0.112. The van der Waals surface area contributed by atoms with Gasteiger partial charge in [0.2, 0.25) is 0 Å². The van der Waals surface area contributed by atoms with Crippen LogP contribution in [-0.2, 0) is 0 Å². The van der Waals surface area contributed by atoms with Gasteiger partial charge in [0.1, 0.15) is 0 Å². The number of hydrogen-bond acceptors (Lipinski definition) is 1. The summed E-state index contributed by atoms with van der Waals surface area (Å²) in [5, 5.41) is 2.96. The third kappa shape index (κ3) is 2.94. The summed E-state index contributed by atoms with van der Waals surface area (Å²) in [4.78, 5) is 10.8. The maximum absolute atomic E-state index is 10.8. The van der Waals surface area contributed by atoms with Crippen LogP contribution in [0.5, 0.6) is 0 Å². The van der Waals surface area contributed by atoms with Crippen LogP contribution in [0.4, 0.5) is 0 Å². The number of carbonyl (C=O) groups excluding carboxylic acids is 1. The van der Waals surface area contributed by atoms with Crippen molar-refractivity contribution in [1.82, 2.24) is 0 Å². The highest BCUT2D eigenvalue weighted by atomic mass is 35.5. The maximum atomic E-state index is 10.8. The standard InChI is InChI=1S/C14H12ClOP/c1-10-7-12(8-14(15)13(10)9-16)17-11-5-3-2-4-6-11/h2-9,17H,1H3. The Morgan fingerprint density at radius 2 is 1.82 bits per heavy atom. The molecular formula is C14H12ClOP. The normalized spacial score (nSPS) is 10.9. The largest absolute Gasteiger partial charge is 0.298 e. The quantitative estimate of drug-likeness (QED) is 0.614. The smallest absolute Gasteiger partial charge is 0.151 e. The fourth-order valence-electron chi connectivity index (χ4n) is 1.66. The van der Waals surface area contributed by atoms with Gasteiger partial charge in [-0.15, -0.1) is 0 Å². The zero-order chi connectivity index (χ0) is 12.3. The molecule has 2 rings (SSSR count). The van der Waals surface area contributed by atoms with Crippen molar-refractivity contribution in [1.29, 1.82) is 0 Å². The monoisotopic (exact) mass is 262 g/mol. The predicted octanol–water partition coefficient (Wildman–Crippen LogP) is 3.09. The number of aldehydes is 1. The molecule has 0 N–H and O–H groups in total. The minimum atomic E-state index is 0.540. The summed E-state index contributed by atoms with van der Waals surface area (Å²) >= 11 is 6.07. The maximum Gasteiger partial charge on any atom is 0.151 e. The van der Waals surface area contributed by atoms with Crippen LogP contribution in [-0.4, -0.2) is 6.29 Å². The first-order chi connectivity index (χ1) is 8.20. The van der Waals surface area contributed by atoms with E-state index < -0.39 is 0 Å². The predicted molar refractivity (Wildman–Crippen MR) is 75.6 cm³/mol. The Kier molecular flexibility index (Phi) is 3.93. The highest BCUT2D eigenvalue weighted by Gasteiger charge is 2.06. The molecule has 0 radical (unpaired) electrons. The van der Waals surface area contributed by atoms with E-state index in [1.54, 1.807) is 0 Å². The zero-order valence-electron chi connectivity index (χ0n) is 9.41. The lowest BCUT2D eigenvalue weighted by Crippen LogP contribution is -2.05. The van der Waals surface area contributed by atoms with Gasteiger partial charge in [-0.25, -0.2) is 0 Å². The molecule has 0 spiro atoms. The second-order valence-corrected chi connectivity index (χ2v) is 5.61. The van der Waals surface area contributed by atoms with Gasteiger partial charge < -0.3 is 0 Å². The fraction of sp³-hybridized carbons (Fsp3) is 0.0714. The van der Waals surface area contributed by atoms with Crippen molar-refractivity contribution in [3.8, 4) is 0 Å². The van der Waals surface area contributed by atoms with Gasteiger partial charge in [0, 0.05) is 5.56 Å². The summed E-state index contributed by atoms with van der Waals surface area (Å²) in [7, 11) is 0.567. The molecule has 0 aromatic heterocycles. The van der Waals surface area contributed by atoms with E-state index in [9.17, 15) is 4.79 Å². The van der Waals surface area contributed by atoms with Crippen molar-refractivity contribution in [2.75, 3.05) is 0 Å². The van der Waals surface area contributed by atoms with Crippen LogP contribution in [0.2, 0.25) is 5.02 Å². The van der Waals surface area contributed by atoms with Crippen LogP contribution in [0.25, 0.3) is 0 Å². The first kappa shape index (κ1) is 12.3. The Balaban J connectivity index is 2.32. The Morgan fingerprint density at radius 3 is 2.41 bits per heavy atom. The topological polar surface area (TPSA) is 17.1 Å². The van der Waals surface area contributed by atoms with Gasteiger partial charge in [0.25, 0.3) is 0 Å². The van der Waals surface area contributed by atoms with Gasteiger partial charge in [-0.3, -0.25) is 4.79 Å². The SMILES string of the molecule is Cc1cc(Pc2ccccc2)cc(Cl)c1C=O. The molecule has 0 heterocycles. The molecule has 2 aromatic rings. The Labute approximate surface area is 108 Å². The molecule has 1 nitrogen and oxygen atoms in total. The molecule has 0 aliphatic heterocycles. The minimum absolute atomic E-state index is 0.540. The van der Waals surface area contributed by atoms with Crippen LogP contribution in [0.3, 0.4) is 0 Å². The van der Waals surface area contributed by atoms with Crippen LogP contribution >= 0.6 is 20.2 Å². The molecule has 0 amide bonds. The molecule has 1 atom stereocenters. The molecule has 17 heavy (non-hydrogen) atoms. The van der Waals surface area contributed by atoms with Gasteiger partial charge >= 0.3 is 0 Å². The minimum Gasteiger partial charge on any atom is -0.298 e. The molecule has 3 heteroatoms. The molecule has 0 aliphatic carbocycles. The number of benzene rings is 2. The molecule has 0 fully saturated rings. The van der Waals surface area contributed by atoms with E-state index >= 15 is 0 Å². The lowest BCUT2D eigenvalue weighted by Gasteiger charge is -2.07. The van der Waals surface area contributed by atoms with Crippen molar-refractivity contribution in [2.45, 2.75) is 6.92 Å². The van der Waals surface area contributed by atoms with E-state index in [-0.39, 0.29) is 0 Å². The number of aryl methyl sites for hydroxylation is 1. The van der Waals surface area contributed by atoms with E-state index in [1.165, 1.54) is 5.30 Å². The van der Waals surface area contributed by atoms with Gasteiger partial charge in [-0.2, -0.15) is 0 Å². The Morgan fingerprint density at radius 1 is 1.12 bits per heavy atom. The van der Waals surface area contributed by atoms with E-state index in [1.807, 2.05) is 37.3 Å². The highest BCUT2D eigenvalue weighted by molar-refractivity contribution is 7.55. The first-order valence-electron chi connectivity index (χ1n) is 5.28. The van der Waals surface area contributed by atoms with Crippen molar-refractivity contribution < 1.29 is 4.79 Å². The van der Waals surface area contributed by atoms with E-state index in [4.69, 9.17) is 11.6 Å². The summed E-state index contributed by atoms with van der Waals surface area (Å²) in [6, 6.07) is 14.1. The number of carbonyl (C=O) groups is 1. The molecule has 0 saturated carbocycles. The molecule has 1 unspecified atom stereocenters. The van der Waals surface area contributed by atoms with Crippen molar-refractivity contribution in [2.24, 2.45) is 0 Å². The lowest BCUT2D eigenvalue weighted by atomic mass is 10.1. The summed E-state index contributed by atoms with van der Waals surface area (Å²) in [6.07, 6.45) is 0.813. The summed E-state index contributed by atoms with van der Waals surface area (Å²) in [6.45, 7) is 1.91. The van der Waals surface area contributed by atoms with E-state index in [0.717, 1.165) is 17.2 Å². The molecule has 0 saturated heterocycles. The van der Waals surface area contributed by atoms with Gasteiger partial charge in [0.15, 0.2) is 6.29 Å². The molecule has 0 bridgehead atoms. The first-order valence-corrected chi connectivity index (χ1v) is 6.66. The Hall–Kier alpha value is -1.17. The number of hydrogen-bond donors (Lipinski definition) is 0. The molecular weight excluding hydrogens is 251 g/mol. The van der Waals surface area contributed by atoms with Crippen LogP contribution in [0, 0.1) is 6.92 Å². The van der Waals surface area contributed by atoms with Crippen molar-refractivity contribution in [3.63, 3.8) is 0 Å². The third-order valence-electron chi connectivity index (χ3n) is 2.52. The zero-order valence-corrected chi connectivity index (χ0v) is 11.2. The van der Waals surface area contributed by atoms with Gasteiger partial charge in [-0.1, -0.05) is 56.6 Å². The summed E-state index contributed by atoms with van der Waals surface area (Å²) in [5.74, 6) is 0. The van der Waals surface area contributed by atoms with Crippen molar-refractivity contribution >= 4 is 37.1 Å². The average Bonchev–Trinajstić information content (AvgIpc) is 2.30. The van der Waals surface area contributed by atoms with Crippen LogP contribution < -0.4 is 10.6 Å². The second-order valence-electron chi connectivity index (χ2n) is 3.80. The number of rotatable bonds is 3. The number of halogens is 1. The second kappa shape index (κ2) is 5.44. The molecule has 86 valence electrons. The van der Waals surface area contributed by atoms with Crippen LogP contribution in [0.1, 0.15) is 15.9 Å². The van der Waals surface area contributed by atoms with Crippen LogP contribution in [0.15, 0.2) is 42.5 Å². The average molecular weight is 263 g/mol.